The SMILES string of the molecule is NCC#Cc1ccccc1NC(=O)c1ccccc1Cl. The van der Waals surface area contributed by atoms with Gasteiger partial charge in [0, 0.05) is 5.56 Å². The molecule has 1 amide bonds. The first-order valence-electron chi connectivity index (χ1n) is 6.06. The van der Waals surface area contributed by atoms with Crippen LogP contribution in [-0.2, 0) is 0 Å². The molecule has 0 heterocycles. The zero-order valence-electron chi connectivity index (χ0n) is 10.7. The lowest BCUT2D eigenvalue weighted by atomic mass is 10.1. The molecule has 2 aromatic carbocycles. The van der Waals surface area contributed by atoms with Gasteiger partial charge in [0.15, 0.2) is 0 Å². The summed E-state index contributed by atoms with van der Waals surface area (Å²) >= 11 is 6.00. The molecule has 3 nitrogen and oxygen atoms in total. The summed E-state index contributed by atoms with van der Waals surface area (Å²) < 4.78 is 0. The normalized spacial score (nSPS) is 9.50. The minimum atomic E-state index is -0.266. The monoisotopic (exact) mass is 284 g/mol. The van der Waals surface area contributed by atoms with E-state index in [-0.39, 0.29) is 12.5 Å². The summed E-state index contributed by atoms with van der Waals surface area (Å²) in [6, 6.07) is 14.2. The van der Waals surface area contributed by atoms with Gasteiger partial charge in [0.05, 0.1) is 22.8 Å². The highest BCUT2D eigenvalue weighted by molar-refractivity contribution is 6.34. The first-order chi connectivity index (χ1) is 9.72. The Morgan fingerprint density at radius 3 is 2.60 bits per heavy atom. The van der Waals surface area contributed by atoms with E-state index in [2.05, 4.69) is 17.2 Å². The van der Waals surface area contributed by atoms with E-state index in [1.54, 1.807) is 30.3 Å². The fraction of sp³-hybridized carbons (Fsp3) is 0.0625. The summed E-state index contributed by atoms with van der Waals surface area (Å²) in [4.78, 5) is 12.2. The smallest absolute Gasteiger partial charge is 0.257 e. The maximum atomic E-state index is 12.2. The molecule has 0 unspecified atom stereocenters. The molecular formula is C16H13ClN2O. The van der Waals surface area contributed by atoms with Crippen LogP contribution >= 0.6 is 11.6 Å². The van der Waals surface area contributed by atoms with Crippen molar-refractivity contribution in [1.29, 1.82) is 0 Å². The molecule has 4 heteroatoms. The molecule has 0 radical (unpaired) electrons. The van der Waals surface area contributed by atoms with E-state index in [0.29, 0.717) is 16.3 Å². The first-order valence-corrected chi connectivity index (χ1v) is 6.44. The zero-order chi connectivity index (χ0) is 14.4. The molecular weight excluding hydrogens is 272 g/mol. The van der Waals surface area contributed by atoms with Gasteiger partial charge in [-0.05, 0) is 24.3 Å². The molecule has 0 aliphatic heterocycles. The molecule has 0 bridgehead atoms. The Morgan fingerprint density at radius 1 is 1.15 bits per heavy atom. The summed E-state index contributed by atoms with van der Waals surface area (Å²) in [5, 5.41) is 3.22. The molecule has 100 valence electrons. The molecule has 2 rings (SSSR count). The molecule has 3 N–H and O–H groups in total. The molecule has 0 saturated heterocycles. The number of carbonyl (C=O) groups excluding carboxylic acids is 1. The predicted molar refractivity (Wildman–Crippen MR) is 81.8 cm³/mol. The quantitative estimate of drug-likeness (QED) is 0.833. The predicted octanol–water partition coefficient (Wildman–Crippen LogP) is 2.90. The third-order valence-electron chi connectivity index (χ3n) is 2.62. The van der Waals surface area contributed by atoms with E-state index in [1.165, 1.54) is 0 Å². The number of anilines is 1. The minimum Gasteiger partial charge on any atom is -0.321 e. The minimum absolute atomic E-state index is 0.266. The van der Waals surface area contributed by atoms with Crippen molar-refractivity contribution in [2.45, 2.75) is 0 Å². The van der Waals surface area contributed by atoms with Gasteiger partial charge in [-0.3, -0.25) is 4.79 Å². The highest BCUT2D eigenvalue weighted by atomic mass is 35.5. The number of hydrogen-bond donors (Lipinski definition) is 2. The van der Waals surface area contributed by atoms with Crippen molar-refractivity contribution < 1.29 is 4.79 Å². The van der Waals surface area contributed by atoms with Crippen molar-refractivity contribution in [3.8, 4) is 11.8 Å². The van der Waals surface area contributed by atoms with E-state index in [9.17, 15) is 4.79 Å². The number of rotatable bonds is 2. The van der Waals surface area contributed by atoms with Crippen molar-refractivity contribution in [2.24, 2.45) is 5.73 Å². The van der Waals surface area contributed by atoms with E-state index in [0.717, 1.165) is 5.56 Å². The number of carbonyl (C=O) groups is 1. The average molecular weight is 285 g/mol. The standard InChI is InChI=1S/C16H13ClN2O/c17-14-9-3-2-8-13(14)16(20)19-15-10-4-1-6-12(15)7-5-11-18/h1-4,6,8-10H,11,18H2,(H,19,20). The second kappa shape index (κ2) is 6.76. The Morgan fingerprint density at radius 2 is 1.85 bits per heavy atom. The molecule has 20 heavy (non-hydrogen) atoms. The van der Waals surface area contributed by atoms with Crippen LogP contribution in [0.5, 0.6) is 0 Å². The van der Waals surface area contributed by atoms with Crippen LogP contribution in [0.3, 0.4) is 0 Å². The number of halogens is 1. The lowest BCUT2D eigenvalue weighted by Gasteiger charge is -2.08. The molecule has 0 atom stereocenters. The summed E-state index contributed by atoms with van der Waals surface area (Å²) in [6.45, 7) is 0.271. The second-order valence-corrected chi connectivity index (χ2v) is 4.39. The van der Waals surface area contributed by atoms with Crippen LogP contribution in [0.15, 0.2) is 48.5 Å². The van der Waals surface area contributed by atoms with Gasteiger partial charge < -0.3 is 11.1 Å². The maximum absolute atomic E-state index is 12.2. The molecule has 0 spiro atoms. The number of nitrogens with one attached hydrogen (secondary N) is 1. The molecule has 2 aromatic rings. The van der Waals surface area contributed by atoms with Gasteiger partial charge in [-0.15, -0.1) is 0 Å². The fourth-order valence-electron chi connectivity index (χ4n) is 1.68. The first kappa shape index (κ1) is 14.1. The third kappa shape index (κ3) is 3.39. The summed E-state index contributed by atoms with van der Waals surface area (Å²) in [6.07, 6.45) is 0. The van der Waals surface area contributed by atoms with Crippen molar-refractivity contribution in [3.63, 3.8) is 0 Å². The van der Waals surface area contributed by atoms with Gasteiger partial charge in [0.25, 0.3) is 5.91 Å². The van der Waals surface area contributed by atoms with E-state index in [4.69, 9.17) is 17.3 Å². The Hall–Kier alpha value is -2.28. The largest absolute Gasteiger partial charge is 0.321 e. The van der Waals surface area contributed by atoms with Crippen molar-refractivity contribution in [1.82, 2.24) is 0 Å². The van der Waals surface area contributed by atoms with E-state index < -0.39 is 0 Å². The average Bonchev–Trinajstić information content (AvgIpc) is 2.46. The topological polar surface area (TPSA) is 55.1 Å². The van der Waals surface area contributed by atoms with Crippen LogP contribution in [0.25, 0.3) is 0 Å². The molecule has 0 aliphatic carbocycles. The van der Waals surface area contributed by atoms with Gasteiger partial charge in [0.1, 0.15) is 0 Å². The zero-order valence-corrected chi connectivity index (χ0v) is 11.4. The number of hydrogen-bond acceptors (Lipinski definition) is 2. The number of amides is 1. The Labute approximate surface area is 122 Å². The van der Waals surface area contributed by atoms with Gasteiger partial charge in [-0.2, -0.15) is 0 Å². The summed E-state index contributed by atoms with van der Waals surface area (Å²) in [5.41, 5.74) is 7.14. The Kier molecular flexibility index (Phi) is 4.78. The summed E-state index contributed by atoms with van der Waals surface area (Å²) in [7, 11) is 0. The molecule has 0 aromatic heterocycles. The number of para-hydroxylation sites is 1. The van der Waals surface area contributed by atoms with Gasteiger partial charge in [0.2, 0.25) is 0 Å². The van der Waals surface area contributed by atoms with Gasteiger partial charge >= 0.3 is 0 Å². The third-order valence-corrected chi connectivity index (χ3v) is 2.95. The van der Waals surface area contributed by atoms with Crippen LogP contribution in [-0.4, -0.2) is 12.5 Å². The Bertz CT molecular complexity index is 686. The maximum Gasteiger partial charge on any atom is 0.257 e. The highest BCUT2D eigenvalue weighted by Gasteiger charge is 2.10. The summed E-state index contributed by atoms with van der Waals surface area (Å²) in [5.74, 6) is 5.43. The van der Waals surface area contributed by atoms with E-state index in [1.807, 2.05) is 18.2 Å². The second-order valence-electron chi connectivity index (χ2n) is 3.99. The lowest BCUT2D eigenvalue weighted by Crippen LogP contribution is -2.13. The highest BCUT2D eigenvalue weighted by Crippen LogP contribution is 2.19. The van der Waals surface area contributed by atoms with Crippen LogP contribution in [0, 0.1) is 11.8 Å². The van der Waals surface area contributed by atoms with Gasteiger partial charge in [-0.25, -0.2) is 0 Å². The van der Waals surface area contributed by atoms with Crippen LogP contribution in [0.4, 0.5) is 5.69 Å². The van der Waals surface area contributed by atoms with Crippen LogP contribution in [0.1, 0.15) is 15.9 Å². The number of nitrogens with two attached hydrogens (primary N) is 1. The molecule has 0 saturated carbocycles. The van der Waals surface area contributed by atoms with E-state index >= 15 is 0 Å². The van der Waals surface area contributed by atoms with Crippen molar-refractivity contribution in [3.05, 3.63) is 64.7 Å². The van der Waals surface area contributed by atoms with Gasteiger partial charge in [-0.1, -0.05) is 47.7 Å². The van der Waals surface area contributed by atoms with Crippen LogP contribution < -0.4 is 11.1 Å². The number of benzene rings is 2. The lowest BCUT2D eigenvalue weighted by molar-refractivity contribution is 0.102. The Balaban J connectivity index is 2.27. The molecule has 0 aliphatic rings. The van der Waals surface area contributed by atoms with Crippen molar-refractivity contribution in [2.75, 3.05) is 11.9 Å². The van der Waals surface area contributed by atoms with Crippen LogP contribution in [0.2, 0.25) is 5.02 Å². The fourth-order valence-corrected chi connectivity index (χ4v) is 1.90. The molecule has 0 fully saturated rings. The van der Waals surface area contributed by atoms with Crippen molar-refractivity contribution >= 4 is 23.2 Å².